The molecule has 10 heteroatoms. The standard InChI is InChI=1S/C17H24FN3O5S/c1-25-7-3-6-19-17(22)20-9-14-11-21(12-15(10-20)26-14)27(23,24)16-5-2-4-13(18)8-16/h2,4-5,8,14-15H,3,6-7,9-12H2,1H3,(H,19,22)/t14-,15+. The minimum Gasteiger partial charge on any atom is -0.385 e. The third-order valence-electron chi connectivity index (χ3n) is 4.57. The number of urea groups is 1. The molecule has 2 aliphatic heterocycles. The van der Waals surface area contributed by atoms with Gasteiger partial charge in [-0.2, -0.15) is 4.31 Å². The molecule has 2 heterocycles. The lowest BCUT2D eigenvalue weighted by Gasteiger charge is -2.45. The van der Waals surface area contributed by atoms with Gasteiger partial charge in [0.15, 0.2) is 0 Å². The zero-order chi connectivity index (χ0) is 19.4. The molecule has 0 saturated carbocycles. The number of nitrogens with zero attached hydrogens (tertiary/aromatic N) is 2. The zero-order valence-corrected chi connectivity index (χ0v) is 16.0. The second-order valence-electron chi connectivity index (χ2n) is 6.64. The second-order valence-corrected chi connectivity index (χ2v) is 8.58. The molecular weight excluding hydrogens is 377 g/mol. The van der Waals surface area contributed by atoms with E-state index in [9.17, 15) is 17.6 Å². The number of methoxy groups -OCH3 is 1. The van der Waals surface area contributed by atoms with Crippen molar-refractivity contribution in [3.8, 4) is 0 Å². The first kappa shape index (κ1) is 20.0. The summed E-state index contributed by atoms with van der Waals surface area (Å²) in [6.07, 6.45) is -0.102. The molecule has 2 amide bonds. The fourth-order valence-electron chi connectivity index (χ4n) is 3.32. The molecule has 2 bridgehead atoms. The quantitative estimate of drug-likeness (QED) is 0.707. The fourth-order valence-corrected chi connectivity index (χ4v) is 4.85. The smallest absolute Gasteiger partial charge is 0.317 e. The van der Waals surface area contributed by atoms with E-state index in [4.69, 9.17) is 9.47 Å². The summed E-state index contributed by atoms with van der Waals surface area (Å²) in [5.41, 5.74) is 0. The Kier molecular flexibility index (Phi) is 6.30. The van der Waals surface area contributed by atoms with Gasteiger partial charge in [-0.3, -0.25) is 0 Å². The first-order valence-electron chi connectivity index (χ1n) is 8.83. The van der Waals surface area contributed by atoms with E-state index in [2.05, 4.69) is 5.32 Å². The van der Waals surface area contributed by atoms with E-state index in [0.29, 0.717) is 26.2 Å². The summed E-state index contributed by atoms with van der Waals surface area (Å²) in [6.45, 7) is 1.95. The number of ether oxygens (including phenoxy) is 2. The summed E-state index contributed by atoms with van der Waals surface area (Å²) < 4.78 is 51.1. The Hall–Kier alpha value is -1.75. The van der Waals surface area contributed by atoms with E-state index < -0.39 is 28.0 Å². The highest BCUT2D eigenvalue weighted by Gasteiger charge is 2.41. The Bertz CT molecular complexity index is 762. The number of carbonyl (C=O) groups is 1. The number of hydrogen-bond acceptors (Lipinski definition) is 5. The van der Waals surface area contributed by atoms with E-state index in [-0.39, 0.29) is 24.0 Å². The predicted molar refractivity (Wildman–Crippen MR) is 95.3 cm³/mol. The minimum absolute atomic E-state index is 0.0739. The molecule has 2 saturated heterocycles. The average molecular weight is 401 g/mol. The third-order valence-corrected chi connectivity index (χ3v) is 6.40. The lowest BCUT2D eigenvalue weighted by Crippen LogP contribution is -2.62. The Morgan fingerprint density at radius 3 is 2.63 bits per heavy atom. The average Bonchev–Trinajstić information content (AvgIpc) is 2.64. The van der Waals surface area contributed by atoms with Crippen LogP contribution < -0.4 is 5.32 Å². The Balaban J connectivity index is 1.61. The molecule has 0 aliphatic carbocycles. The lowest BCUT2D eigenvalue weighted by molar-refractivity contribution is -0.111. The Labute approximate surface area is 158 Å². The maximum atomic E-state index is 13.4. The van der Waals surface area contributed by atoms with Gasteiger partial charge in [0.05, 0.1) is 30.2 Å². The molecule has 1 N–H and O–H groups in total. The minimum atomic E-state index is -3.80. The largest absolute Gasteiger partial charge is 0.385 e. The monoisotopic (exact) mass is 401 g/mol. The van der Waals surface area contributed by atoms with Crippen LogP contribution in [0, 0.1) is 5.82 Å². The van der Waals surface area contributed by atoms with Gasteiger partial charge in [0.25, 0.3) is 0 Å². The van der Waals surface area contributed by atoms with Crippen LogP contribution in [-0.2, 0) is 19.5 Å². The van der Waals surface area contributed by atoms with Gasteiger partial charge in [0.1, 0.15) is 5.82 Å². The first-order chi connectivity index (χ1) is 12.9. The highest BCUT2D eigenvalue weighted by molar-refractivity contribution is 7.89. The molecule has 2 fully saturated rings. The summed E-state index contributed by atoms with van der Waals surface area (Å²) in [5, 5.41) is 2.83. The highest BCUT2D eigenvalue weighted by atomic mass is 32.2. The molecule has 0 unspecified atom stereocenters. The van der Waals surface area contributed by atoms with Crippen LogP contribution in [0.5, 0.6) is 0 Å². The van der Waals surface area contributed by atoms with E-state index in [1.165, 1.54) is 22.5 Å². The second kappa shape index (κ2) is 8.51. The summed E-state index contributed by atoms with van der Waals surface area (Å²) in [6, 6.07) is 4.78. The molecule has 2 aliphatic rings. The van der Waals surface area contributed by atoms with E-state index in [1.54, 1.807) is 12.0 Å². The number of rotatable bonds is 6. The highest BCUT2D eigenvalue weighted by Crippen LogP contribution is 2.25. The van der Waals surface area contributed by atoms with Crippen molar-refractivity contribution in [2.45, 2.75) is 23.5 Å². The van der Waals surface area contributed by atoms with Crippen LogP contribution in [0.25, 0.3) is 0 Å². The fraction of sp³-hybridized carbons (Fsp3) is 0.588. The Morgan fingerprint density at radius 2 is 2.00 bits per heavy atom. The van der Waals surface area contributed by atoms with Crippen molar-refractivity contribution in [1.82, 2.24) is 14.5 Å². The van der Waals surface area contributed by atoms with Crippen LogP contribution in [0.3, 0.4) is 0 Å². The van der Waals surface area contributed by atoms with Crippen LogP contribution in [0.15, 0.2) is 29.2 Å². The van der Waals surface area contributed by atoms with Gasteiger partial charge in [0, 0.05) is 33.4 Å². The number of benzene rings is 1. The number of carbonyl (C=O) groups excluding carboxylic acids is 1. The maximum Gasteiger partial charge on any atom is 0.317 e. The number of halogens is 1. The summed E-state index contributed by atoms with van der Waals surface area (Å²) in [7, 11) is -2.20. The van der Waals surface area contributed by atoms with Gasteiger partial charge < -0.3 is 19.7 Å². The number of sulfonamides is 1. The molecule has 0 radical (unpaired) electrons. The SMILES string of the molecule is COCCCNC(=O)N1C[C@@H]2CN(S(=O)(=O)c3cccc(F)c3)C[C@H](C1)O2. The van der Waals surface area contributed by atoms with Crippen LogP contribution in [0.1, 0.15) is 6.42 Å². The number of hydrogen-bond donors (Lipinski definition) is 1. The molecule has 27 heavy (non-hydrogen) atoms. The lowest BCUT2D eigenvalue weighted by atomic mass is 10.1. The van der Waals surface area contributed by atoms with Crippen molar-refractivity contribution in [1.29, 1.82) is 0 Å². The number of fused-ring (bicyclic) bond motifs is 2. The molecular formula is C17H24FN3O5S. The summed E-state index contributed by atoms with van der Waals surface area (Å²) in [4.78, 5) is 13.9. The van der Waals surface area contributed by atoms with Crippen molar-refractivity contribution in [3.05, 3.63) is 30.1 Å². The molecule has 0 spiro atoms. The normalized spacial score (nSPS) is 23.3. The number of nitrogens with one attached hydrogen (secondary N) is 1. The molecule has 0 aromatic heterocycles. The number of amides is 2. The van der Waals surface area contributed by atoms with Gasteiger partial charge in [0.2, 0.25) is 10.0 Å². The topological polar surface area (TPSA) is 88.2 Å². The van der Waals surface area contributed by atoms with E-state index in [1.807, 2.05) is 0 Å². The van der Waals surface area contributed by atoms with E-state index in [0.717, 1.165) is 12.5 Å². The van der Waals surface area contributed by atoms with Gasteiger partial charge in [-0.1, -0.05) is 6.07 Å². The van der Waals surface area contributed by atoms with Crippen LogP contribution in [-0.4, -0.2) is 82.3 Å². The molecule has 150 valence electrons. The molecule has 1 aromatic rings. The Morgan fingerprint density at radius 1 is 1.30 bits per heavy atom. The van der Waals surface area contributed by atoms with Gasteiger partial charge in [-0.25, -0.2) is 17.6 Å². The van der Waals surface area contributed by atoms with Crippen LogP contribution in [0.2, 0.25) is 0 Å². The van der Waals surface area contributed by atoms with Gasteiger partial charge >= 0.3 is 6.03 Å². The molecule has 3 rings (SSSR count). The van der Waals surface area contributed by atoms with Gasteiger partial charge in [-0.15, -0.1) is 0 Å². The molecule has 8 nitrogen and oxygen atoms in total. The third kappa shape index (κ3) is 4.75. The van der Waals surface area contributed by atoms with Crippen molar-refractivity contribution in [2.75, 3.05) is 46.4 Å². The van der Waals surface area contributed by atoms with Crippen molar-refractivity contribution in [2.24, 2.45) is 0 Å². The summed E-state index contributed by atoms with van der Waals surface area (Å²) >= 11 is 0. The van der Waals surface area contributed by atoms with Crippen molar-refractivity contribution in [3.63, 3.8) is 0 Å². The first-order valence-corrected chi connectivity index (χ1v) is 10.3. The van der Waals surface area contributed by atoms with Crippen LogP contribution in [0.4, 0.5) is 9.18 Å². The molecule has 2 atom stereocenters. The van der Waals surface area contributed by atoms with Gasteiger partial charge in [-0.05, 0) is 24.6 Å². The maximum absolute atomic E-state index is 13.4. The van der Waals surface area contributed by atoms with E-state index >= 15 is 0 Å². The number of morpholine rings is 2. The van der Waals surface area contributed by atoms with Crippen LogP contribution >= 0.6 is 0 Å². The van der Waals surface area contributed by atoms with Crippen molar-refractivity contribution < 1.29 is 27.1 Å². The predicted octanol–water partition coefficient (Wildman–Crippen LogP) is 0.646. The summed E-state index contributed by atoms with van der Waals surface area (Å²) in [5.74, 6) is -0.596. The molecule has 1 aromatic carbocycles. The van der Waals surface area contributed by atoms with Crippen molar-refractivity contribution >= 4 is 16.1 Å². The zero-order valence-electron chi connectivity index (χ0n) is 15.1.